The highest BCUT2D eigenvalue weighted by molar-refractivity contribution is 5.94. The van der Waals surface area contributed by atoms with E-state index in [-0.39, 0.29) is 11.5 Å². The van der Waals surface area contributed by atoms with Gasteiger partial charge in [-0.05, 0) is 68.0 Å². The first kappa shape index (κ1) is 19.3. The molecule has 150 valence electrons. The molecular weight excluding hydrogens is 372 g/mol. The van der Waals surface area contributed by atoms with Crippen molar-refractivity contribution in [3.8, 4) is 0 Å². The number of fused-ring (bicyclic) bond motifs is 1. The molecule has 4 nitrogen and oxygen atoms in total. The maximum absolute atomic E-state index is 13.3. The van der Waals surface area contributed by atoms with Gasteiger partial charge >= 0.3 is 0 Å². The number of pyridine rings is 1. The Balaban J connectivity index is 1.25. The molecule has 29 heavy (non-hydrogen) atoms. The second kappa shape index (κ2) is 8.55. The molecule has 0 unspecified atom stereocenters. The number of nitrogens with zero attached hydrogens (tertiary/aromatic N) is 1. The number of aromatic nitrogens is 1. The molecule has 1 heterocycles. The highest BCUT2D eigenvalue weighted by atomic mass is 19.2. The quantitative estimate of drug-likeness (QED) is 0.645. The van der Waals surface area contributed by atoms with Gasteiger partial charge in [-0.1, -0.05) is 18.2 Å². The van der Waals surface area contributed by atoms with Gasteiger partial charge in [0.1, 0.15) is 5.82 Å². The molecule has 1 amide bonds. The van der Waals surface area contributed by atoms with Crippen LogP contribution in [0.5, 0.6) is 0 Å². The van der Waals surface area contributed by atoms with Crippen LogP contribution in [0.15, 0.2) is 54.6 Å². The molecule has 0 spiro atoms. The first-order valence-corrected chi connectivity index (χ1v) is 9.94. The molecule has 1 aromatic heterocycles. The number of halogens is 2. The van der Waals surface area contributed by atoms with Crippen molar-refractivity contribution in [1.29, 1.82) is 0 Å². The number of hydrogen-bond acceptors (Lipinski definition) is 3. The van der Waals surface area contributed by atoms with E-state index in [1.54, 1.807) is 0 Å². The average molecular weight is 395 g/mol. The Hall–Kier alpha value is -3.02. The molecule has 1 fully saturated rings. The van der Waals surface area contributed by atoms with Crippen molar-refractivity contribution >= 4 is 22.6 Å². The molecule has 2 N–H and O–H groups in total. The van der Waals surface area contributed by atoms with E-state index < -0.39 is 11.6 Å². The molecule has 0 aliphatic heterocycles. The lowest BCUT2D eigenvalue weighted by atomic mass is 9.86. The molecule has 0 atom stereocenters. The minimum absolute atomic E-state index is 0.140. The van der Waals surface area contributed by atoms with Crippen LogP contribution in [0.3, 0.4) is 0 Å². The predicted molar refractivity (Wildman–Crippen MR) is 110 cm³/mol. The minimum atomic E-state index is -1.01. The standard InChI is InChI=1S/C23H23F2N3O/c24-19-11-7-17(13-20(19)25)23(29)26-14-15-5-9-18(10-6-15)27-22-12-8-16-3-1-2-4-21(16)28-22/h1-4,7-8,11-13,15,18H,5-6,9-10,14H2,(H,26,29)(H,27,28)/t15-,18+. The summed E-state index contributed by atoms with van der Waals surface area (Å²) in [7, 11) is 0. The van der Waals surface area contributed by atoms with Gasteiger partial charge in [-0.3, -0.25) is 4.79 Å². The summed E-state index contributed by atoms with van der Waals surface area (Å²) in [6.45, 7) is 0.540. The fourth-order valence-electron chi connectivity index (χ4n) is 3.84. The maximum atomic E-state index is 13.3. The average Bonchev–Trinajstić information content (AvgIpc) is 2.75. The number of rotatable bonds is 5. The van der Waals surface area contributed by atoms with Crippen molar-refractivity contribution in [2.24, 2.45) is 5.92 Å². The van der Waals surface area contributed by atoms with Crippen LogP contribution in [0.2, 0.25) is 0 Å². The lowest BCUT2D eigenvalue weighted by Crippen LogP contribution is -2.34. The molecule has 4 rings (SSSR count). The van der Waals surface area contributed by atoms with Gasteiger partial charge in [0.2, 0.25) is 0 Å². The summed E-state index contributed by atoms with van der Waals surface area (Å²) in [6, 6.07) is 15.7. The van der Waals surface area contributed by atoms with Crippen LogP contribution >= 0.6 is 0 Å². The molecule has 3 aromatic rings. The van der Waals surface area contributed by atoms with E-state index in [1.165, 1.54) is 6.07 Å². The molecule has 2 aromatic carbocycles. The zero-order chi connectivity index (χ0) is 20.2. The van der Waals surface area contributed by atoms with Crippen molar-refractivity contribution in [3.05, 3.63) is 71.8 Å². The van der Waals surface area contributed by atoms with Gasteiger partial charge in [0.15, 0.2) is 11.6 Å². The van der Waals surface area contributed by atoms with E-state index in [0.717, 1.165) is 54.5 Å². The molecule has 0 bridgehead atoms. The molecule has 1 saturated carbocycles. The molecule has 0 radical (unpaired) electrons. The highest BCUT2D eigenvalue weighted by Gasteiger charge is 2.22. The lowest BCUT2D eigenvalue weighted by Gasteiger charge is -2.29. The Morgan fingerprint density at radius 1 is 0.966 bits per heavy atom. The summed E-state index contributed by atoms with van der Waals surface area (Å²) in [5.41, 5.74) is 1.12. The van der Waals surface area contributed by atoms with E-state index in [0.29, 0.717) is 18.5 Å². The summed E-state index contributed by atoms with van der Waals surface area (Å²) in [5, 5.41) is 7.48. The number of carbonyl (C=O) groups excluding carboxylic acids is 1. The summed E-state index contributed by atoms with van der Waals surface area (Å²) in [5.74, 6) is -1.06. The Morgan fingerprint density at radius 3 is 2.55 bits per heavy atom. The van der Waals surface area contributed by atoms with Gasteiger partial charge in [0.05, 0.1) is 5.52 Å². The van der Waals surface area contributed by atoms with Crippen LogP contribution < -0.4 is 10.6 Å². The first-order valence-electron chi connectivity index (χ1n) is 9.94. The van der Waals surface area contributed by atoms with Gasteiger partial charge in [-0.15, -0.1) is 0 Å². The molecule has 1 aliphatic carbocycles. The van der Waals surface area contributed by atoms with E-state index in [9.17, 15) is 13.6 Å². The summed E-state index contributed by atoms with van der Waals surface area (Å²) in [6.07, 6.45) is 3.98. The zero-order valence-electron chi connectivity index (χ0n) is 16.0. The largest absolute Gasteiger partial charge is 0.367 e. The zero-order valence-corrected chi connectivity index (χ0v) is 16.0. The number of amides is 1. The first-order chi connectivity index (χ1) is 14.1. The van der Waals surface area contributed by atoms with Crippen LogP contribution in [0.1, 0.15) is 36.0 Å². The normalized spacial score (nSPS) is 19.1. The minimum Gasteiger partial charge on any atom is -0.367 e. The van der Waals surface area contributed by atoms with Crippen LogP contribution in [0, 0.1) is 17.6 Å². The second-order valence-corrected chi connectivity index (χ2v) is 7.59. The number of para-hydroxylation sites is 1. The molecule has 0 saturated heterocycles. The number of carbonyl (C=O) groups is 1. The van der Waals surface area contributed by atoms with E-state index in [2.05, 4.69) is 21.7 Å². The summed E-state index contributed by atoms with van der Waals surface area (Å²) >= 11 is 0. The number of anilines is 1. The SMILES string of the molecule is O=C(NC[C@H]1CC[C@@H](Nc2ccc3ccccc3n2)CC1)c1ccc(F)c(F)c1. The Kier molecular flexibility index (Phi) is 5.69. The van der Waals surface area contributed by atoms with Crippen LogP contribution in [0.4, 0.5) is 14.6 Å². The van der Waals surface area contributed by atoms with Crippen molar-refractivity contribution in [3.63, 3.8) is 0 Å². The van der Waals surface area contributed by atoms with E-state index in [1.807, 2.05) is 30.3 Å². The third-order valence-electron chi connectivity index (χ3n) is 5.53. The second-order valence-electron chi connectivity index (χ2n) is 7.59. The third-order valence-corrected chi connectivity index (χ3v) is 5.53. The molecule has 1 aliphatic rings. The lowest BCUT2D eigenvalue weighted by molar-refractivity contribution is 0.0942. The van der Waals surface area contributed by atoms with Gasteiger partial charge < -0.3 is 10.6 Å². The Bertz CT molecular complexity index is 1020. The number of benzene rings is 2. The van der Waals surface area contributed by atoms with Crippen molar-refractivity contribution in [2.45, 2.75) is 31.7 Å². The summed E-state index contributed by atoms with van der Waals surface area (Å²) in [4.78, 5) is 16.8. The highest BCUT2D eigenvalue weighted by Crippen LogP contribution is 2.26. The molecule has 6 heteroatoms. The van der Waals surface area contributed by atoms with E-state index in [4.69, 9.17) is 0 Å². The van der Waals surface area contributed by atoms with Gasteiger partial charge in [-0.2, -0.15) is 0 Å². The maximum Gasteiger partial charge on any atom is 0.251 e. The number of hydrogen-bond donors (Lipinski definition) is 2. The van der Waals surface area contributed by atoms with Crippen molar-refractivity contribution < 1.29 is 13.6 Å². The fraction of sp³-hybridized carbons (Fsp3) is 0.304. The molecular formula is C23H23F2N3O. The van der Waals surface area contributed by atoms with E-state index >= 15 is 0 Å². The van der Waals surface area contributed by atoms with Crippen molar-refractivity contribution in [2.75, 3.05) is 11.9 Å². The summed E-state index contributed by atoms with van der Waals surface area (Å²) < 4.78 is 26.3. The van der Waals surface area contributed by atoms with Gasteiger partial charge in [-0.25, -0.2) is 13.8 Å². The van der Waals surface area contributed by atoms with Gasteiger partial charge in [0.25, 0.3) is 5.91 Å². The predicted octanol–water partition coefficient (Wildman–Crippen LogP) is 4.91. The van der Waals surface area contributed by atoms with Crippen LogP contribution in [-0.2, 0) is 0 Å². The Labute approximate surface area is 168 Å². The monoisotopic (exact) mass is 395 g/mol. The van der Waals surface area contributed by atoms with Gasteiger partial charge in [0, 0.05) is 23.5 Å². The Morgan fingerprint density at radius 2 is 1.76 bits per heavy atom. The smallest absolute Gasteiger partial charge is 0.251 e. The third kappa shape index (κ3) is 4.70. The fourth-order valence-corrected chi connectivity index (χ4v) is 3.84. The topological polar surface area (TPSA) is 54.0 Å². The van der Waals surface area contributed by atoms with Crippen LogP contribution in [0.25, 0.3) is 10.9 Å². The van der Waals surface area contributed by atoms with Crippen LogP contribution in [-0.4, -0.2) is 23.5 Å². The van der Waals surface area contributed by atoms with Crippen molar-refractivity contribution in [1.82, 2.24) is 10.3 Å². The number of nitrogens with one attached hydrogen (secondary N) is 2.